The normalized spacial score (nSPS) is 46.6. The van der Waals surface area contributed by atoms with Crippen molar-refractivity contribution < 1.29 is 5.48 Å². The third-order valence-electron chi connectivity index (χ3n) is 6.61. The maximum Gasteiger partial charge on any atom is 0.0224 e. The molecule has 8 atom stereocenters. The highest BCUT2D eigenvalue weighted by Crippen LogP contribution is 2.23. The Kier molecular flexibility index (Phi) is 8.15. The lowest BCUT2D eigenvalue weighted by Crippen LogP contribution is -2.59. The molecule has 0 radical (unpaired) electrons. The van der Waals surface area contributed by atoms with Gasteiger partial charge in [-0.3, -0.25) is 0 Å². The van der Waals surface area contributed by atoms with Gasteiger partial charge in [0.05, 0.1) is 0 Å². The average molecular weight is 355 g/mol. The molecule has 0 aliphatic carbocycles. The highest BCUT2D eigenvalue weighted by molar-refractivity contribution is 4.95. The smallest absolute Gasteiger partial charge is 0.0224 e. The molecule has 4 heterocycles. The van der Waals surface area contributed by atoms with Gasteiger partial charge in [0, 0.05) is 48.3 Å². The molecule has 6 N–H and O–H groups in total. The van der Waals surface area contributed by atoms with E-state index in [4.69, 9.17) is 0 Å². The fourth-order valence-corrected chi connectivity index (χ4v) is 5.12. The molecule has 0 spiro atoms. The fourth-order valence-electron chi connectivity index (χ4n) is 5.12. The van der Waals surface area contributed by atoms with Crippen LogP contribution in [0.2, 0.25) is 0 Å². The molecule has 5 nitrogen and oxygen atoms in total. The lowest BCUT2D eigenvalue weighted by atomic mass is 9.86. The van der Waals surface area contributed by atoms with Gasteiger partial charge in [-0.1, -0.05) is 0 Å². The van der Waals surface area contributed by atoms with E-state index in [1.165, 1.54) is 51.4 Å². The molecule has 0 aromatic carbocycles. The molecule has 4 saturated heterocycles. The first-order chi connectivity index (χ1) is 11.5. The molecule has 4 fully saturated rings. The standard InChI is InChI=1S/2C10H20N2.H2O/c2*1-7-3-5-10-9(11-7)6-4-8(2)12-10;/h2*7-12H,3-6H2,1-2H3;1H2/t2*7-,8-,9+,10+;/m00./s1. The summed E-state index contributed by atoms with van der Waals surface area (Å²) in [6, 6.07) is 5.97. The van der Waals surface area contributed by atoms with Gasteiger partial charge in [0.15, 0.2) is 0 Å². The first-order valence-corrected chi connectivity index (χ1v) is 10.6. The minimum atomic E-state index is 0. The molecular weight excluding hydrogens is 312 g/mol. The van der Waals surface area contributed by atoms with E-state index in [0.29, 0.717) is 0 Å². The van der Waals surface area contributed by atoms with Gasteiger partial charge in [0.1, 0.15) is 0 Å². The van der Waals surface area contributed by atoms with Crippen LogP contribution in [0, 0.1) is 0 Å². The molecule has 0 bridgehead atoms. The Hall–Kier alpha value is -0.200. The number of hydrogen-bond donors (Lipinski definition) is 4. The number of rotatable bonds is 0. The molecule has 4 aliphatic rings. The molecule has 148 valence electrons. The van der Waals surface area contributed by atoms with E-state index in [2.05, 4.69) is 49.0 Å². The first-order valence-electron chi connectivity index (χ1n) is 10.6. The highest BCUT2D eigenvalue weighted by Gasteiger charge is 2.32. The molecule has 0 unspecified atom stereocenters. The summed E-state index contributed by atoms with van der Waals surface area (Å²) in [5.41, 5.74) is 0. The van der Waals surface area contributed by atoms with Crippen LogP contribution < -0.4 is 21.3 Å². The minimum absolute atomic E-state index is 0. The Morgan fingerprint density at radius 1 is 0.400 bits per heavy atom. The van der Waals surface area contributed by atoms with E-state index in [1.54, 1.807) is 0 Å². The molecular formula is C20H42N4O. The third-order valence-corrected chi connectivity index (χ3v) is 6.61. The second-order valence-corrected chi connectivity index (χ2v) is 9.01. The SMILES string of the molecule is C[C@H]1CC[C@H]2N[C@@H](C)CC[C@H]2N1.C[C@H]1CC[C@H]2N[C@@H](C)CC[C@H]2N1.O. The molecule has 0 aromatic heterocycles. The summed E-state index contributed by atoms with van der Waals surface area (Å²) in [6.45, 7) is 9.20. The van der Waals surface area contributed by atoms with Crippen LogP contribution in [-0.2, 0) is 0 Å². The monoisotopic (exact) mass is 354 g/mol. The maximum absolute atomic E-state index is 3.68. The minimum Gasteiger partial charge on any atom is -0.412 e. The van der Waals surface area contributed by atoms with Crippen LogP contribution in [0.3, 0.4) is 0 Å². The van der Waals surface area contributed by atoms with Crippen LogP contribution in [0.5, 0.6) is 0 Å². The predicted octanol–water partition coefficient (Wildman–Crippen LogP) is 1.71. The summed E-state index contributed by atoms with van der Waals surface area (Å²) in [5, 5.41) is 14.7. The van der Waals surface area contributed by atoms with Crippen LogP contribution in [0.4, 0.5) is 0 Å². The number of nitrogens with one attached hydrogen (secondary N) is 4. The summed E-state index contributed by atoms with van der Waals surface area (Å²) in [5.74, 6) is 0. The maximum atomic E-state index is 3.68. The predicted molar refractivity (Wildman–Crippen MR) is 106 cm³/mol. The lowest BCUT2D eigenvalue weighted by molar-refractivity contribution is 0.192. The van der Waals surface area contributed by atoms with Crippen LogP contribution in [0.1, 0.15) is 79.1 Å². The van der Waals surface area contributed by atoms with E-state index in [-0.39, 0.29) is 5.48 Å². The summed E-state index contributed by atoms with van der Waals surface area (Å²) >= 11 is 0. The molecule has 4 rings (SSSR count). The molecule has 5 heteroatoms. The second-order valence-electron chi connectivity index (χ2n) is 9.01. The van der Waals surface area contributed by atoms with Crippen LogP contribution in [0.15, 0.2) is 0 Å². The van der Waals surface area contributed by atoms with Gasteiger partial charge >= 0.3 is 0 Å². The summed E-state index contributed by atoms with van der Waals surface area (Å²) in [6.07, 6.45) is 10.8. The van der Waals surface area contributed by atoms with Crippen molar-refractivity contribution in [2.24, 2.45) is 0 Å². The molecule has 4 aliphatic heterocycles. The van der Waals surface area contributed by atoms with Crippen LogP contribution >= 0.6 is 0 Å². The highest BCUT2D eigenvalue weighted by atomic mass is 16.0. The zero-order chi connectivity index (χ0) is 17.1. The molecule has 0 amide bonds. The Morgan fingerprint density at radius 2 is 0.600 bits per heavy atom. The van der Waals surface area contributed by atoms with Crippen molar-refractivity contribution in [2.75, 3.05) is 0 Å². The van der Waals surface area contributed by atoms with E-state index in [0.717, 1.165) is 48.3 Å². The topological polar surface area (TPSA) is 79.6 Å². The van der Waals surface area contributed by atoms with Crippen LogP contribution in [-0.4, -0.2) is 53.8 Å². The second kappa shape index (κ2) is 9.65. The Bertz CT molecular complexity index is 322. The van der Waals surface area contributed by atoms with Crippen molar-refractivity contribution in [3.63, 3.8) is 0 Å². The summed E-state index contributed by atoms with van der Waals surface area (Å²) in [7, 11) is 0. The first kappa shape index (κ1) is 21.1. The van der Waals surface area contributed by atoms with Gasteiger partial charge in [-0.2, -0.15) is 0 Å². The van der Waals surface area contributed by atoms with E-state index in [9.17, 15) is 0 Å². The Morgan fingerprint density at radius 3 is 0.800 bits per heavy atom. The number of piperidine rings is 4. The van der Waals surface area contributed by atoms with Crippen molar-refractivity contribution >= 4 is 0 Å². The van der Waals surface area contributed by atoms with Gasteiger partial charge in [-0.25, -0.2) is 0 Å². The number of fused-ring (bicyclic) bond motifs is 2. The van der Waals surface area contributed by atoms with Crippen LogP contribution in [0.25, 0.3) is 0 Å². The zero-order valence-corrected chi connectivity index (χ0v) is 16.8. The quantitative estimate of drug-likeness (QED) is 0.534. The van der Waals surface area contributed by atoms with Gasteiger partial charge < -0.3 is 26.7 Å². The molecule has 0 saturated carbocycles. The van der Waals surface area contributed by atoms with Gasteiger partial charge in [0.25, 0.3) is 0 Å². The summed E-state index contributed by atoms with van der Waals surface area (Å²) in [4.78, 5) is 0. The van der Waals surface area contributed by atoms with Crippen molar-refractivity contribution in [1.29, 1.82) is 0 Å². The Balaban J connectivity index is 0.000000173. The van der Waals surface area contributed by atoms with E-state index < -0.39 is 0 Å². The molecule has 0 aromatic rings. The van der Waals surface area contributed by atoms with E-state index >= 15 is 0 Å². The van der Waals surface area contributed by atoms with Crippen molar-refractivity contribution in [3.8, 4) is 0 Å². The largest absolute Gasteiger partial charge is 0.412 e. The van der Waals surface area contributed by atoms with Crippen molar-refractivity contribution in [1.82, 2.24) is 21.3 Å². The lowest BCUT2D eigenvalue weighted by Gasteiger charge is -2.42. The van der Waals surface area contributed by atoms with Gasteiger partial charge in [-0.15, -0.1) is 0 Å². The van der Waals surface area contributed by atoms with Crippen molar-refractivity contribution in [2.45, 2.75) is 127 Å². The number of hydrogen-bond acceptors (Lipinski definition) is 4. The third kappa shape index (κ3) is 5.90. The summed E-state index contributed by atoms with van der Waals surface area (Å²) < 4.78 is 0. The van der Waals surface area contributed by atoms with Gasteiger partial charge in [-0.05, 0) is 79.1 Å². The zero-order valence-electron chi connectivity index (χ0n) is 16.8. The van der Waals surface area contributed by atoms with Gasteiger partial charge in [0.2, 0.25) is 0 Å². The van der Waals surface area contributed by atoms with Crippen molar-refractivity contribution in [3.05, 3.63) is 0 Å². The van der Waals surface area contributed by atoms with E-state index in [1.807, 2.05) is 0 Å². The fraction of sp³-hybridized carbons (Fsp3) is 1.00. The average Bonchev–Trinajstić information content (AvgIpc) is 2.56. The molecule has 25 heavy (non-hydrogen) atoms. The Labute approximate surface area is 154 Å².